The van der Waals surface area contributed by atoms with E-state index in [0.29, 0.717) is 33.6 Å². The minimum absolute atomic E-state index is 0.308. The number of ether oxygens (including phenoxy) is 3. The van der Waals surface area contributed by atoms with Gasteiger partial charge < -0.3 is 14.2 Å². The summed E-state index contributed by atoms with van der Waals surface area (Å²) >= 11 is 1.31. The Balaban J connectivity index is 1.74. The van der Waals surface area contributed by atoms with Gasteiger partial charge in [-0.25, -0.2) is 4.98 Å². The molecule has 28 heavy (non-hydrogen) atoms. The highest BCUT2D eigenvalue weighted by molar-refractivity contribution is 7.14. The molecular weight excluding hydrogens is 380 g/mol. The van der Waals surface area contributed by atoms with E-state index in [1.165, 1.54) is 18.3 Å². The molecule has 7 nitrogen and oxygen atoms in total. The second kappa shape index (κ2) is 8.53. The van der Waals surface area contributed by atoms with Crippen LogP contribution in [-0.4, -0.2) is 31.1 Å². The molecule has 0 spiro atoms. The first kappa shape index (κ1) is 19.4. The second-order valence-corrected chi connectivity index (χ2v) is 6.53. The van der Waals surface area contributed by atoms with Crippen LogP contribution < -0.4 is 19.5 Å². The van der Waals surface area contributed by atoms with E-state index in [9.17, 15) is 9.59 Å². The van der Waals surface area contributed by atoms with Crippen molar-refractivity contribution in [3.8, 4) is 28.5 Å². The number of methoxy groups -OCH3 is 2. The van der Waals surface area contributed by atoms with Crippen molar-refractivity contribution in [1.29, 1.82) is 0 Å². The van der Waals surface area contributed by atoms with E-state index in [-0.39, 0.29) is 5.91 Å². The third kappa shape index (κ3) is 4.47. The van der Waals surface area contributed by atoms with E-state index < -0.39 is 5.97 Å². The van der Waals surface area contributed by atoms with Crippen LogP contribution in [-0.2, 0) is 4.79 Å². The van der Waals surface area contributed by atoms with Crippen LogP contribution in [0.15, 0.2) is 47.8 Å². The molecule has 1 amide bonds. The first-order chi connectivity index (χ1) is 13.5. The maximum Gasteiger partial charge on any atom is 0.308 e. The fourth-order valence-electron chi connectivity index (χ4n) is 2.47. The monoisotopic (exact) mass is 398 g/mol. The van der Waals surface area contributed by atoms with E-state index >= 15 is 0 Å². The third-order valence-electron chi connectivity index (χ3n) is 3.79. The Morgan fingerprint density at radius 1 is 1.00 bits per heavy atom. The van der Waals surface area contributed by atoms with Crippen molar-refractivity contribution < 1.29 is 23.8 Å². The average Bonchev–Trinajstić information content (AvgIpc) is 3.15. The lowest BCUT2D eigenvalue weighted by Crippen LogP contribution is -2.11. The lowest BCUT2D eigenvalue weighted by atomic mass is 10.1. The highest BCUT2D eigenvalue weighted by Crippen LogP contribution is 2.34. The molecule has 0 fully saturated rings. The second-order valence-electron chi connectivity index (χ2n) is 5.68. The predicted molar refractivity (Wildman–Crippen MR) is 106 cm³/mol. The zero-order chi connectivity index (χ0) is 20.1. The number of nitrogens with one attached hydrogen (secondary N) is 1. The summed E-state index contributed by atoms with van der Waals surface area (Å²) in [5.41, 5.74) is 1.91. The van der Waals surface area contributed by atoms with Crippen LogP contribution >= 0.6 is 11.3 Å². The Bertz CT molecular complexity index is 998. The van der Waals surface area contributed by atoms with Gasteiger partial charge in [0.2, 0.25) is 0 Å². The normalized spacial score (nSPS) is 10.2. The number of esters is 1. The molecule has 1 N–H and O–H groups in total. The Labute approximate surface area is 165 Å². The molecule has 0 radical (unpaired) electrons. The molecule has 1 heterocycles. The van der Waals surface area contributed by atoms with Crippen molar-refractivity contribution in [2.45, 2.75) is 6.92 Å². The van der Waals surface area contributed by atoms with Gasteiger partial charge in [0.25, 0.3) is 5.91 Å². The van der Waals surface area contributed by atoms with Crippen molar-refractivity contribution in [1.82, 2.24) is 4.98 Å². The standard InChI is InChI=1S/C20H18N2O5S/c1-12(23)27-14-6-4-13(5-7-14)19(24)22-20-21-17(11-28-20)16-9-8-15(25-2)10-18(16)26-3/h4-11H,1-3H3,(H,21,22,24). The molecule has 0 aliphatic heterocycles. The molecule has 0 bridgehead atoms. The van der Waals surface area contributed by atoms with E-state index in [4.69, 9.17) is 14.2 Å². The molecule has 0 aliphatic rings. The smallest absolute Gasteiger partial charge is 0.308 e. The summed E-state index contributed by atoms with van der Waals surface area (Å²) in [5.74, 6) is 0.968. The van der Waals surface area contributed by atoms with Crippen molar-refractivity contribution >= 4 is 28.3 Å². The third-order valence-corrected chi connectivity index (χ3v) is 4.55. The van der Waals surface area contributed by atoms with E-state index in [1.54, 1.807) is 44.6 Å². The number of nitrogens with zero attached hydrogens (tertiary/aromatic N) is 1. The molecule has 0 aliphatic carbocycles. The van der Waals surface area contributed by atoms with Gasteiger partial charge in [-0.3, -0.25) is 14.9 Å². The van der Waals surface area contributed by atoms with E-state index in [0.717, 1.165) is 5.56 Å². The number of amides is 1. The average molecular weight is 398 g/mol. The Morgan fingerprint density at radius 3 is 2.36 bits per heavy atom. The van der Waals surface area contributed by atoms with Crippen LogP contribution in [0, 0.1) is 0 Å². The number of benzene rings is 2. The van der Waals surface area contributed by atoms with Crippen LogP contribution in [0.4, 0.5) is 5.13 Å². The van der Waals surface area contributed by atoms with Crippen molar-refractivity contribution in [3.05, 3.63) is 53.4 Å². The Kier molecular flexibility index (Phi) is 5.90. The molecule has 1 aromatic heterocycles. The minimum Gasteiger partial charge on any atom is -0.497 e. The van der Waals surface area contributed by atoms with Gasteiger partial charge in [0.05, 0.1) is 19.9 Å². The molecule has 0 saturated heterocycles. The van der Waals surface area contributed by atoms with Gasteiger partial charge in [-0.1, -0.05) is 0 Å². The number of carbonyl (C=O) groups excluding carboxylic acids is 2. The number of hydrogen-bond acceptors (Lipinski definition) is 7. The number of thiazole rings is 1. The van der Waals surface area contributed by atoms with Gasteiger partial charge in [0, 0.05) is 29.5 Å². The summed E-state index contributed by atoms with van der Waals surface area (Å²) in [5, 5.41) is 5.06. The molecular formula is C20H18N2O5S. The number of rotatable bonds is 6. The molecule has 2 aromatic carbocycles. The van der Waals surface area contributed by atoms with Gasteiger partial charge >= 0.3 is 5.97 Å². The Hall–Kier alpha value is -3.39. The van der Waals surface area contributed by atoms with Crippen molar-refractivity contribution in [2.24, 2.45) is 0 Å². The van der Waals surface area contributed by atoms with E-state index in [2.05, 4.69) is 10.3 Å². The molecule has 3 rings (SSSR count). The highest BCUT2D eigenvalue weighted by atomic mass is 32.1. The van der Waals surface area contributed by atoms with Crippen LogP contribution in [0.1, 0.15) is 17.3 Å². The maximum absolute atomic E-state index is 12.4. The number of carbonyl (C=O) groups is 2. The predicted octanol–water partition coefficient (Wildman–Crippen LogP) is 4.00. The molecule has 0 saturated carbocycles. The zero-order valence-corrected chi connectivity index (χ0v) is 16.3. The summed E-state index contributed by atoms with van der Waals surface area (Å²) in [7, 11) is 3.16. The summed E-state index contributed by atoms with van der Waals surface area (Å²) in [4.78, 5) is 27.8. The topological polar surface area (TPSA) is 86.8 Å². The molecule has 0 atom stereocenters. The summed E-state index contributed by atoms with van der Waals surface area (Å²) in [6.07, 6.45) is 0. The minimum atomic E-state index is -0.415. The van der Waals surface area contributed by atoms with Crippen LogP contribution in [0.2, 0.25) is 0 Å². The lowest BCUT2D eigenvalue weighted by molar-refractivity contribution is -0.131. The highest BCUT2D eigenvalue weighted by Gasteiger charge is 2.14. The first-order valence-corrected chi connectivity index (χ1v) is 9.16. The van der Waals surface area contributed by atoms with Gasteiger partial charge in [-0.2, -0.15) is 0 Å². The molecule has 8 heteroatoms. The largest absolute Gasteiger partial charge is 0.497 e. The summed E-state index contributed by atoms with van der Waals surface area (Å²) in [6, 6.07) is 11.7. The van der Waals surface area contributed by atoms with Crippen LogP contribution in [0.25, 0.3) is 11.3 Å². The fraction of sp³-hybridized carbons (Fsp3) is 0.150. The number of hydrogen-bond donors (Lipinski definition) is 1. The van der Waals surface area contributed by atoms with Crippen molar-refractivity contribution in [3.63, 3.8) is 0 Å². The van der Waals surface area contributed by atoms with Crippen LogP contribution in [0.5, 0.6) is 17.2 Å². The molecule has 0 unspecified atom stereocenters. The quantitative estimate of drug-likeness (QED) is 0.499. The molecule has 3 aromatic rings. The molecule has 144 valence electrons. The first-order valence-electron chi connectivity index (χ1n) is 8.28. The summed E-state index contributed by atoms with van der Waals surface area (Å²) in [6.45, 7) is 1.32. The number of aromatic nitrogens is 1. The zero-order valence-electron chi connectivity index (χ0n) is 15.5. The van der Waals surface area contributed by atoms with E-state index in [1.807, 2.05) is 17.5 Å². The van der Waals surface area contributed by atoms with Gasteiger partial charge in [0.15, 0.2) is 5.13 Å². The van der Waals surface area contributed by atoms with Crippen molar-refractivity contribution in [2.75, 3.05) is 19.5 Å². The fourth-order valence-corrected chi connectivity index (χ4v) is 3.18. The van der Waals surface area contributed by atoms with Gasteiger partial charge in [0.1, 0.15) is 17.2 Å². The lowest BCUT2D eigenvalue weighted by Gasteiger charge is -2.08. The van der Waals surface area contributed by atoms with Gasteiger partial charge in [-0.15, -0.1) is 11.3 Å². The number of anilines is 1. The summed E-state index contributed by atoms with van der Waals surface area (Å²) < 4.78 is 15.6. The van der Waals surface area contributed by atoms with Gasteiger partial charge in [-0.05, 0) is 36.4 Å². The maximum atomic E-state index is 12.4. The SMILES string of the molecule is COc1ccc(-c2csc(NC(=O)c3ccc(OC(C)=O)cc3)n2)c(OC)c1. The van der Waals surface area contributed by atoms with Crippen LogP contribution in [0.3, 0.4) is 0 Å². The Morgan fingerprint density at radius 2 is 1.71 bits per heavy atom.